The Bertz CT molecular complexity index is 745. The zero-order valence-electron chi connectivity index (χ0n) is 15.2. The fourth-order valence-corrected chi connectivity index (χ4v) is 5.51. The first-order valence-corrected chi connectivity index (χ1v) is 11.0. The molecule has 144 valence electrons. The Labute approximate surface area is 155 Å². The van der Waals surface area contributed by atoms with Crippen LogP contribution in [-0.4, -0.2) is 49.7 Å². The highest BCUT2D eigenvalue weighted by atomic mass is 32.2. The zero-order valence-corrected chi connectivity index (χ0v) is 16.0. The van der Waals surface area contributed by atoms with Crippen molar-refractivity contribution in [1.29, 1.82) is 0 Å². The molecule has 0 aromatic heterocycles. The second-order valence-corrected chi connectivity index (χ2v) is 9.52. The van der Waals surface area contributed by atoms with E-state index < -0.39 is 15.8 Å². The number of carbonyl (C=O) groups excluding carboxylic acids is 1. The van der Waals surface area contributed by atoms with Crippen molar-refractivity contribution >= 4 is 15.9 Å². The molecule has 5 nitrogen and oxygen atoms in total. The van der Waals surface area contributed by atoms with Gasteiger partial charge in [0.2, 0.25) is 15.9 Å². The van der Waals surface area contributed by atoms with E-state index in [1.165, 1.54) is 16.4 Å². The van der Waals surface area contributed by atoms with Crippen molar-refractivity contribution in [3.05, 3.63) is 35.6 Å². The fraction of sp³-hybridized carbons (Fsp3) is 0.632. The van der Waals surface area contributed by atoms with E-state index in [1.54, 1.807) is 12.1 Å². The van der Waals surface area contributed by atoms with E-state index in [-0.39, 0.29) is 23.1 Å². The topological polar surface area (TPSA) is 57.7 Å². The van der Waals surface area contributed by atoms with Gasteiger partial charge in [-0.2, -0.15) is 0 Å². The third-order valence-corrected chi connectivity index (χ3v) is 7.29. The summed E-state index contributed by atoms with van der Waals surface area (Å²) in [6, 6.07) is 5.96. The third kappa shape index (κ3) is 4.43. The van der Waals surface area contributed by atoms with Crippen LogP contribution in [0.3, 0.4) is 0 Å². The van der Waals surface area contributed by atoms with E-state index in [0.717, 1.165) is 25.9 Å². The SMILES string of the molecule is C[C@@H]1CCCN(C(=O)C2CCN(S(=O)(=O)Cc3ccccc3F)CC2)C1. The van der Waals surface area contributed by atoms with Crippen molar-refractivity contribution in [2.24, 2.45) is 11.8 Å². The van der Waals surface area contributed by atoms with Crippen molar-refractivity contribution < 1.29 is 17.6 Å². The van der Waals surface area contributed by atoms with Gasteiger partial charge in [0.05, 0.1) is 5.75 Å². The highest BCUT2D eigenvalue weighted by Crippen LogP contribution is 2.26. The molecule has 0 spiro atoms. The Hall–Kier alpha value is -1.47. The Balaban J connectivity index is 1.57. The quantitative estimate of drug-likeness (QED) is 0.804. The molecule has 2 heterocycles. The highest BCUT2D eigenvalue weighted by Gasteiger charge is 2.34. The Kier molecular flexibility index (Phi) is 5.97. The van der Waals surface area contributed by atoms with Crippen molar-refractivity contribution in [1.82, 2.24) is 9.21 Å². The van der Waals surface area contributed by atoms with Gasteiger partial charge >= 0.3 is 0 Å². The van der Waals surface area contributed by atoms with E-state index in [0.29, 0.717) is 31.8 Å². The van der Waals surface area contributed by atoms with E-state index in [1.807, 2.05) is 4.90 Å². The first kappa shape index (κ1) is 19.3. The van der Waals surface area contributed by atoms with Crippen LogP contribution in [0.2, 0.25) is 0 Å². The molecule has 0 unspecified atom stereocenters. The predicted octanol–water partition coefficient (Wildman–Crippen LogP) is 2.63. The molecule has 2 saturated heterocycles. The monoisotopic (exact) mass is 382 g/mol. The van der Waals surface area contributed by atoms with E-state index in [2.05, 4.69) is 6.92 Å². The second kappa shape index (κ2) is 8.05. The largest absolute Gasteiger partial charge is 0.342 e. The van der Waals surface area contributed by atoms with Crippen LogP contribution < -0.4 is 0 Å². The number of rotatable bonds is 4. The lowest BCUT2D eigenvalue weighted by Crippen LogP contribution is -2.47. The molecular formula is C19H27FN2O3S. The number of amides is 1. The number of nitrogens with zero attached hydrogens (tertiary/aromatic N) is 2. The Morgan fingerprint density at radius 2 is 1.85 bits per heavy atom. The number of benzene rings is 1. The highest BCUT2D eigenvalue weighted by molar-refractivity contribution is 7.88. The molecular weight excluding hydrogens is 355 g/mol. The van der Waals surface area contributed by atoms with Gasteiger partial charge in [0.25, 0.3) is 0 Å². The average Bonchev–Trinajstić information content (AvgIpc) is 2.63. The first-order valence-electron chi connectivity index (χ1n) is 9.37. The number of hydrogen-bond donors (Lipinski definition) is 0. The van der Waals surface area contributed by atoms with Crippen LogP contribution >= 0.6 is 0 Å². The Morgan fingerprint density at radius 1 is 1.15 bits per heavy atom. The van der Waals surface area contributed by atoms with Gasteiger partial charge in [-0.05, 0) is 37.7 Å². The molecule has 0 bridgehead atoms. The van der Waals surface area contributed by atoms with Crippen LogP contribution in [0.15, 0.2) is 24.3 Å². The number of hydrogen-bond acceptors (Lipinski definition) is 3. The molecule has 2 aliphatic heterocycles. The van der Waals surface area contributed by atoms with Gasteiger partial charge in [-0.15, -0.1) is 0 Å². The lowest BCUT2D eigenvalue weighted by atomic mass is 9.93. The second-order valence-electron chi connectivity index (χ2n) is 7.55. The third-order valence-electron chi connectivity index (χ3n) is 5.46. The summed E-state index contributed by atoms with van der Waals surface area (Å²) < 4.78 is 40.3. The summed E-state index contributed by atoms with van der Waals surface area (Å²) in [4.78, 5) is 14.6. The minimum absolute atomic E-state index is 0.0970. The number of piperidine rings is 2. The van der Waals surface area contributed by atoms with Crippen molar-refractivity contribution in [2.75, 3.05) is 26.2 Å². The summed E-state index contributed by atoms with van der Waals surface area (Å²) >= 11 is 0. The lowest BCUT2D eigenvalue weighted by Gasteiger charge is -2.36. The maximum Gasteiger partial charge on any atom is 0.225 e. The Morgan fingerprint density at radius 3 is 2.50 bits per heavy atom. The fourth-order valence-electron chi connectivity index (χ4n) is 3.93. The van der Waals surface area contributed by atoms with Crippen LogP contribution in [-0.2, 0) is 20.6 Å². The standard InChI is InChI=1S/C19H27FN2O3S/c1-15-5-4-10-21(13-15)19(23)16-8-11-22(12-9-16)26(24,25)14-17-6-2-3-7-18(17)20/h2-3,6-7,15-16H,4-5,8-14H2,1H3/t15-/m1/s1. The number of carbonyl (C=O) groups is 1. The first-order chi connectivity index (χ1) is 12.4. The summed E-state index contributed by atoms with van der Waals surface area (Å²) in [6.45, 7) is 4.45. The van der Waals surface area contributed by atoms with E-state index in [9.17, 15) is 17.6 Å². The molecule has 2 aliphatic rings. The summed E-state index contributed by atoms with van der Waals surface area (Å²) in [5.74, 6) is -0.223. The molecule has 3 rings (SSSR count). The summed E-state index contributed by atoms with van der Waals surface area (Å²) in [6.07, 6.45) is 3.29. The minimum atomic E-state index is -3.57. The molecule has 26 heavy (non-hydrogen) atoms. The van der Waals surface area contributed by atoms with E-state index in [4.69, 9.17) is 0 Å². The number of likely N-dealkylation sites (tertiary alicyclic amines) is 1. The maximum atomic E-state index is 13.8. The van der Waals surface area contributed by atoms with Gasteiger partial charge in [0, 0.05) is 37.7 Å². The molecule has 1 atom stereocenters. The van der Waals surface area contributed by atoms with Crippen LogP contribution in [0.5, 0.6) is 0 Å². The molecule has 1 amide bonds. The molecule has 0 saturated carbocycles. The maximum absolute atomic E-state index is 13.8. The van der Waals surface area contributed by atoms with Crippen molar-refractivity contribution in [2.45, 2.75) is 38.4 Å². The van der Waals surface area contributed by atoms with Gasteiger partial charge in [0.1, 0.15) is 5.82 Å². The summed E-state index contributed by atoms with van der Waals surface area (Å²) in [5.41, 5.74) is 0.188. The van der Waals surface area contributed by atoms with Gasteiger partial charge in [-0.1, -0.05) is 25.1 Å². The average molecular weight is 383 g/mol. The molecule has 2 fully saturated rings. The molecule has 0 radical (unpaired) electrons. The van der Waals surface area contributed by atoms with Crippen LogP contribution in [0, 0.1) is 17.7 Å². The van der Waals surface area contributed by atoms with Crippen LogP contribution in [0.25, 0.3) is 0 Å². The summed E-state index contributed by atoms with van der Waals surface area (Å²) in [7, 11) is -3.57. The molecule has 0 N–H and O–H groups in total. The molecule has 7 heteroatoms. The van der Waals surface area contributed by atoms with Gasteiger partial charge < -0.3 is 4.90 Å². The molecule has 1 aromatic carbocycles. The molecule has 0 aliphatic carbocycles. The van der Waals surface area contributed by atoms with Crippen molar-refractivity contribution in [3.63, 3.8) is 0 Å². The van der Waals surface area contributed by atoms with Gasteiger partial charge in [0.15, 0.2) is 0 Å². The van der Waals surface area contributed by atoms with Crippen LogP contribution in [0.1, 0.15) is 38.2 Å². The van der Waals surface area contributed by atoms with Gasteiger partial charge in [-0.3, -0.25) is 4.79 Å². The lowest BCUT2D eigenvalue weighted by molar-refractivity contribution is -0.138. The van der Waals surface area contributed by atoms with Crippen molar-refractivity contribution in [3.8, 4) is 0 Å². The number of sulfonamides is 1. The molecule has 1 aromatic rings. The minimum Gasteiger partial charge on any atom is -0.342 e. The smallest absolute Gasteiger partial charge is 0.225 e. The van der Waals surface area contributed by atoms with E-state index >= 15 is 0 Å². The zero-order chi connectivity index (χ0) is 18.7. The summed E-state index contributed by atoms with van der Waals surface area (Å²) in [5, 5.41) is 0. The van der Waals surface area contributed by atoms with Crippen LogP contribution in [0.4, 0.5) is 4.39 Å². The normalized spacial score (nSPS) is 23.2. The van der Waals surface area contributed by atoms with Gasteiger partial charge in [-0.25, -0.2) is 17.1 Å². The number of halogens is 1. The predicted molar refractivity (Wildman–Crippen MR) is 98.3 cm³/mol.